The average molecular weight is 408 g/mol. The van der Waals surface area contributed by atoms with Gasteiger partial charge in [-0.1, -0.05) is 44.2 Å². The largest absolute Gasteiger partial charge is 0.493 e. The molecule has 0 aliphatic carbocycles. The molecule has 0 aliphatic heterocycles. The SMILES string of the molecule is CCN(CC)[C@@](C)(CCc1ncnc2cc(OC)c(OC)cc12)Cc1ccccc1. The molecular formula is C25H33N3O2. The van der Waals surface area contributed by atoms with Gasteiger partial charge in [-0.3, -0.25) is 4.90 Å². The normalized spacial score (nSPS) is 13.4. The van der Waals surface area contributed by atoms with Gasteiger partial charge in [0.2, 0.25) is 0 Å². The fraction of sp³-hybridized carbons (Fsp3) is 0.440. The van der Waals surface area contributed by atoms with E-state index in [1.807, 2.05) is 12.1 Å². The minimum absolute atomic E-state index is 0.0404. The van der Waals surface area contributed by atoms with Crippen molar-refractivity contribution in [2.24, 2.45) is 0 Å². The maximum atomic E-state index is 5.51. The van der Waals surface area contributed by atoms with Crippen LogP contribution < -0.4 is 9.47 Å². The van der Waals surface area contributed by atoms with Crippen molar-refractivity contribution in [3.05, 3.63) is 60.0 Å². The Labute approximate surface area is 180 Å². The van der Waals surface area contributed by atoms with Gasteiger partial charge < -0.3 is 9.47 Å². The lowest BCUT2D eigenvalue weighted by atomic mass is 9.85. The van der Waals surface area contributed by atoms with Crippen LogP contribution in [0.15, 0.2) is 48.8 Å². The first-order valence-electron chi connectivity index (χ1n) is 10.7. The van der Waals surface area contributed by atoms with Crippen LogP contribution in [0.25, 0.3) is 10.9 Å². The lowest BCUT2D eigenvalue weighted by Gasteiger charge is -2.41. The van der Waals surface area contributed by atoms with Crippen molar-refractivity contribution in [2.45, 2.75) is 45.6 Å². The van der Waals surface area contributed by atoms with E-state index in [2.05, 4.69) is 66.0 Å². The fourth-order valence-corrected chi connectivity index (χ4v) is 4.40. The van der Waals surface area contributed by atoms with Gasteiger partial charge >= 0.3 is 0 Å². The summed E-state index contributed by atoms with van der Waals surface area (Å²) in [4.78, 5) is 11.6. The van der Waals surface area contributed by atoms with Gasteiger partial charge in [0.25, 0.3) is 0 Å². The number of benzene rings is 2. The Kier molecular flexibility index (Phi) is 7.27. The number of methoxy groups -OCH3 is 2. The first-order valence-corrected chi connectivity index (χ1v) is 10.7. The molecule has 160 valence electrons. The van der Waals surface area contributed by atoms with Crippen molar-refractivity contribution < 1.29 is 9.47 Å². The van der Waals surface area contributed by atoms with E-state index in [1.165, 1.54) is 5.56 Å². The molecule has 0 amide bonds. The standard InChI is InChI=1S/C25H33N3O2/c1-6-28(7-2)25(3,17-19-11-9-8-10-12-19)14-13-21-20-15-23(29-4)24(30-5)16-22(20)27-18-26-21/h8-12,15-16,18H,6-7,13-14,17H2,1-5H3/t25-/m0/s1. The molecule has 5 heteroatoms. The highest BCUT2D eigenvalue weighted by Gasteiger charge is 2.30. The van der Waals surface area contributed by atoms with Crippen LogP contribution in [-0.4, -0.2) is 47.7 Å². The summed E-state index contributed by atoms with van der Waals surface area (Å²) in [7, 11) is 3.30. The molecule has 1 aromatic heterocycles. The van der Waals surface area contributed by atoms with E-state index in [4.69, 9.17) is 9.47 Å². The molecule has 5 nitrogen and oxygen atoms in total. The third-order valence-corrected chi connectivity index (χ3v) is 6.08. The zero-order valence-electron chi connectivity index (χ0n) is 18.8. The summed E-state index contributed by atoms with van der Waals surface area (Å²) in [5, 5.41) is 1.02. The highest BCUT2D eigenvalue weighted by molar-refractivity contribution is 5.84. The minimum Gasteiger partial charge on any atom is -0.493 e. The summed E-state index contributed by atoms with van der Waals surface area (Å²) in [6.45, 7) is 8.90. The van der Waals surface area contributed by atoms with Gasteiger partial charge in [-0.15, -0.1) is 0 Å². The maximum absolute atomic E-state index is 5.51. The number of aromatic nitrogens is 2. The van der Waals surface area contributed by atoms with Crippen LogP contribution in [0.5, 0.6) is 11.5 Å². The number of nitrogens with zero attached hydrogens (tertiary/aromatic N) is 3. The average Bonchev–Trinajstić information content (AvgIpc) is 2.78. The molecule has 0 unspecified atom stereocenters. The summed E-state index contributed by atoms with van der Waals surface area (Å²) in [5.74, 6) is 1.39. The van der Waals surface area contributed by atoms with E-state index >= 15 is 0 Å². The molecule has 0 aliphatic rings. The number of hydrogen-bond acceptors (Lipinski definition) is 5. The van der Waals surface area contributed by atoms with Gasteiger partial charge in [0, 0.05) is 17.0 Å². The van der Waals surface area contributed by atoms with Crippen LogP contribution >= 0.6 is 0 Å². The molecular weight excluding hydrogens is 374 g/mol. The number of likely N-dealkylation sites (N-methyl/N-ethyl adjacent to an activating group) is 1. The lowest BCUT2D eigenvalue weighted by molar-refractivity contribution is 0.107. The molecule has 1 atom stereocenters. The highest BCUT2D eigenvalue weighted by Crippen LogP contribution is 2.33. The molecule has 0 radical (unpaired) electrons. The number of hydrogen-bond donors (Lipinski definition) is 0. The van der Waals surface area contributed by atoms with Gasteiger partial charge in [0.1, 0.15) is 6.33 Å². The molecule has 0 N–H and O–H groups in total. The second-order valence-corrected chi connectivity index (χ2v) is 7.88. The fourth-order valence-electron chi connectivity index (χ4n) is 4.40. The zero-order valence-corrected chi connectivity index (χ0v) is 18.8. The van der Waals surface area contributed by atoms with Gasteiger partial charge in [0.15, 0.2) is 11.5 Å². The molecule has 0 saturated heterocycles. The molecule has 2 aromatic carbocycles. The van der Waals surface area contributed by atoms with E-state index in [0.29, 0.717) is 11.5 Å². The smallest absolute Gasteiger partial charge is 0.162 e. The minimum atomic E-state index is 0.0404. The Morgan fingerprint density at radius 1 is 0.933 bits per heavy atom. The van der Waals surface area contributed by atoms with Gasteiger partial charge in [-0.25, -0.2) is 9.97 Å². The van der Waals surface area contributed by atoms with Crippen molar-refractivity contribution in [3.63, 3.8) is 0 Å². The third-order valence-electron chi connectivity index (χ3n) is 6.08. The van der Waals surface area contributed by atoms with Crippen LogP contribution in [0.1, 0.15) is 38.4 Å². The Morgan fingerprint density at radius 3 is 2.23 bits per heavy atom. The van der Waals surface area contributed by atoms with Crippen LogP contribution in [0, 0.1) is 0 Å². The van der Waals surface area contributed by atoms with Gasteiger partial charge in [-0.2, -0.15) is 0 Å². The van der Waals surface area contributed by atoms with Crippen LogP contribution in [-0.2, 0) is 12.8 Å². The number of rotatable bonds is 10. The maximum Gasteiger partial charge on any atom is 0.162 e. The number of aryl methyl sites for hydroxylation is 1. The van der Waals surface area contributed by atoms with Crippen molar-refractivity contribution >= 4 is 10.9 Å². The van der Waals surface area contributed by atoms with E-state index in [1.54, 1.807) is 20.5 Å². The molecule has 3 rings (SSSR count). The topological polar surface area (TPSA) is 47.5 Å². The van der Waals surface area contributed by atoms with E-state index in [0.717, 1.165) is 48.9 Å². The Balaban J connectivity index is 1.92. The Morgan fingerprint density at radius 2 is 1.60 bits per heavy atom. The van der Waals surface area contributed by atoms with Gasteiger partial charge in [-0.05, 0) is 50.9 Å². The zero-order chi connectivity index (χ0) is 21.6. The summed E-state index contributed by atoms with van der Waals surface area (Å²) in [5.41, 5.74) is 3.34. The molecule has 0 saturated carbocycles. The predicted octanol–water partition coefficient (Wildman–Crippen LogP) is 4.92. The Hall–Kier alpha value is -2.66. The number of fused-ring (bicyclic) bond motifs is 1. The Bertz CT molecular complexity index is 957. The quantitative estimate of drug-likeness (QED) is 0.477. The first-order chi connectivity index (χ1) is 14.5. The van der Waals surface area contributed by atoms with Crippen molar-refractivity contribution in [3.8, 4) is 11.5 Å². The highest BCUT2D eigenvalue weighted by atomic mass is 16.5. The second-order valence-electron chi connectivity index (χ2n) is 7.88. The van der Waals surface area contributed by atoms with E-state index < -0.39 is 0 Å². The molecule has 1 heterocycles. The van der Waals surface area contributed by atoms with Crippen LogP contribution in [0.2, 0.25) is 0 Å². The van der Waals surface area contributed by atoms with Crippen LogP contribution in [0.4, 0.5) is 0 Å². The van der Waals surface area contributed by atoms with Crippen molar-refractivity contribution in [2.75, 3.05) is 27.3 Å². The summed E-state index contributed by atoms with van der Waals surface area (Å²) in [6.07, 6.45) is 4.53. The summed E-state index contributed by atoms with van der Waals surface area (Å²) in [6, 6.07) is 14.7. The van der Waals surface area contributed by atoms with Gasteiger partial charge in [0.05, 0.1) is 25.4 Å². The number of ether oxygens (including phenoxy) is 2. The van der Waals surface area contributed by atoms with Crippen molar-refractivity contribution in [1.82, 2.24) is 14.9 Å². The molecule has 30 heavy (non-hydrogen) atoms. The monoisotopic (exact) mass is 407 g/mol. The van der Waals surface area contributed by atoms with Crippen LogP contribution in [0.3, 0.4) is 0 Å². The second kappa shape index (κ2) is 9.90. The summed E-state index contributed by atoms with van der Waals surface area (Å²) >= 11 is 0. The molecule has 3 aromatic rings. The predicted molar refractivity (Wildman–Crippen MR) is 122 cm³/mol. The molecule has 0 fully saturated rings. The van der Waals surface area contributed by atoms with Crippen molar-refractivity contribution in [1.29, 1.82) is 0 Å². The lowest BCUT2D eigenvalue weighted by Crippen LogP contribution is -2.48. The summed E-state index contributed by atoms with van der Waals surface area (Å²) < 4.78 is 10.9. The molecule has 0 spiro atoms. The van der Waals surface area contributed by atoms with E-state index in [9.17, 15) is 0 Å². The van der Waals surface area contributed by atoms with E-state index in [-0.39, 0.29) is 5.54 Å². The molecule has 0 bridgehead atoms. The third kappa shape index (κ3) is 4.73. The first kappa shape index (κ1) is 22.0.